The summed E-state index contributed by atoms with van der Waals surface area (Å²) in [5.74, 6) is -1.38. The summed E-state index contributed by atoms with van der Waals surface area (Å²) >= 11 is 0. The lowest BCUT2D eigenvalue weighted by Crippen LogP contribution is -2.51. The van der Waals surface area contributed by atoms with Crippen LogP contribution in [-0.2, 0) is 0 Å². The normalized spacial score (nSPS) is 24.4. The van der Waals surface area contributed by atoms with E-state index in [1.807, 2.05) is 0 Å². The van der Waals surface area contributed by atoms with E-state index in [0.29, 0.717) is 17.9 Å². The highest BCUT2D eigenvalue weighted by molar-refractivity contribution is 5.68. The summed E-state index contributed by atoms with van der Waals surface area (Å²) < 4.78 is 38.6. The van der Waals surface area contributed by atoms with Gasteiger partial charge >= 0.3 is 6.18 Å². The Morgan fingerprint density at radius 1 is 1.42 bits per heavy atom. The SMILES string of the molecule is CNc1cnccc1N1CC(N)CC(C(F)(F)F)C1. The summed E-state index contributed by atoms with van der Waals surface area (Å²) in [6.45, 7) is 0.362. The Morgan fingerprint density at radius 2 is 2.16 bits per heavy atom. The Kier molecular flexibility index (Phi) is 3.84. The van der Waals surface area contributed by atoms with E-state index in [9.17, 15) is 13.2 Å². The Morgan fingerprint density at radius 3 is 2.79 bits per heavy atom. The van der Waals surface area contributed by atoms with Crippen molar-refractivity contribution < 1.29 is 13.2 Å². The second kappa shape index (κ2) is 5.24. The summed E-state index contributed by atoms with van der Waals surface area (Å²) in [6.07, 6.45) is -1.06. The fourth-order valence-corrected chi connectivity index (χ4v) is 2.43. The lowest BCUT2D eigenvalue weighted by atomic mass is 9.93. The van der Waals surface area contributed by atoms with Crippen molar-refractivity contribution in [1.82, 2.24) is 4.98 Å². The van der Waals surface area contributed by atoms with Crippen LogP contribution in [0.1, 0.15) is 6.42 Å². The number of nitrogens with zero attached hydrogens (tertiary/aromatic N) is 2. The van der Waals surface area contributed by atoms with Crippen LogP contribution in [0.2, 0.25) is 0 Å². The molecule has 0 radical (unpaired) electrons. The van der Waals surface area contributed by atoms with Gasteiger partial charge < -0.3 is 16.0 Å². The number of rotatable bonds is 2. The molecule has 0 aliphatic carbocycles. The van der Waals surface area contributed by atoms with Gasteiger partial charge in [-0.15, -0.1) is 0 Å². The predicted octanol–water partition coefficient (Wildman–Crippen LogP) is 1.84. The molecule has 1 aliphatic heterocycles. The standard InChI is InChI=1S/C12H17F3N4/c1-17-10-5-18-3-2-11(10)19-6-8(12(13,14)15)4-9(16)7-19/h2-3,5,8-9,17H,4,6-7,16H2,1H3. The van der Waals surface area contributed by atoms with Crippen molar-refractivity contribution in [2.45, 2.75) is 18.6 Å². The lowest BCUT2D eigenvalue weighted by Gasteiger charge is -2.39. The van der Waals surface area contributed by atoms with Gasteiger partial charge in [-0.1, -0.05) is 0 Å². The molecule has 0 saturated carbocycles. The van der Waals surface area contributed by atoms with Crippen LogP contribution in [0.3, 0.4) is 0 Å². The molecular formula is C12H17F3N4. The second-order valence-electron chi connectivity index (χ2n) is 4.78. The number of anilines is 2. The second-order valence-corrected chi connectivity index (χ2v) is 4.78. The first-order valence-electron chi connectivity index (χ1n) is 6.11. The molecule has 106 valence electrons. The largest absolute Gasteiger partial charge is 0.393 e. The van der Waals surface area contributed by atoms with Crippen LogP contribution in [0.15, 0.2) is 18.5 Å². The summed E-state index contributed by atoms with van der Waals surface area (Å²) in [7, 11) is 1.71. The third kappa shape index (κ3) is 3.09. The molecule has 4 nitrogen and oxygen atoms in total. The van der Waals surface area contributed by atoms with E-state index in [-0.39, 0.29) is 13.0 Å². The zero-order valence-corrected chi connectivity index (χ0v) is 10.6. The number of hydrogen-bond donors (Lipinski definition) is 2. The number of halogens is 3. The topological polar surface area (TPSA) is 54.2 Å². The molecular weight excluding hydrogens is 257 g/mol. The molecule has 2 rings (SSSR count). The van der Waals surface area contributed by atoms with Crippen molar-refractivity contribution in [1.29, 1.82) is 0 Å². The van der Waals surface area contributed by atoms with E-state index in [4.69, 9.17) is 5.73 Å². The van der Waals surface area contributed by atoms with E-state index < -0.39 is 18.1 Å². The van der Waals surface area contributed by atoms with Gasteiger partial charge in [0, 0.05) is 32.4 Å². The van der Waals surface area contributed by atoms with Crippen LogP contribution in [0.4, 0.5) is 24.5 Å². The number of nitrogens with one attached hydrogen (secondary N) is 1. The third-order valence-corrected chi connectivity index (χ3v) is 3.35. The van der Waals surface area contributed by atoms with Gasteiger partial charge in [0.2, 0.25) is 0 Å². The monoisotopic (exact) mass is 274 g/mol. The van der Waals surface area contributed by atoms with Gasteiger partial charge in [0.1, 0.15) is 0 Å². The molecule has 2 atom stereocenters. The number of pyridine rings is 1. The Balaban J connectivity index is 2.24. The molecule has 2 heterocycles. The minimum atomic E-state index is -4.21. The number of hydrogen-bond acceptors (Lipinski definition) is 4. The summed E-state index contributed by atoms with van der Waals surface area (Å²) in [5.41, 5.74) is 7.18. The quantitative estimate of drug-likeness (QED) is 0.864. The van der Waals surface area contributed by atoms with Gasteiger partial charge in [0.15, 0.2) is 0 Å². The first kappa shape index (κ1) is 13.9. The first-order valence-corrected chi connectivity index (χ1v) is 6.11. The van der Waals surface area contributed by atoms with Crippen molar-refractivity contribution in [2.75, 3.05) is 30.4 Å². The zero-order chi connectivity index (χ0) is 14.0. The molecule has 2 unspecified atom stereocenters. The van der Waals surface area contributed by atoms with Crippen LogP contribution < -0.4 is 16.0 Å². The molecule has 0 amide bonds. The van der Waals surface area contributed by atoms with Crippen LogP contribution >= 0.6 is 0 Å². The average molecular weight is 274 g/mol. The molecule has 0 aromatic carbocycles. The molecule has 1 aliphatic rings. The van der Waals surface area contributed by atoms with Gasteiger partial charge in [0.05, 0.1) is 23.5 Å². The molecule has 0 bridgehead atoms. The maximum Gasteiger partial charge on any atom is 0.393 e. The van der Waals surface area contributed by atoms with Crippen molar-refractivity contribution in [3.8, 4) is 0 Å². The lowest BCUT2D eigenvalue weighted by molar-refractivity contribution is -0.177. The molecule has 1 aromatic heterocycles. The van der Waals surface area contributed by atoms with E-state index in [1.165, 1.54) is 0 Å². The zero-order valence-electron chi connectivity index (χ0n) is 10.6. The Labute approximate surface area is 109 Å². The molecule has 0 spiro atoms. The maximum atomic E-state index is 12.9. The van der Waals surface area contributed by atoms with Gasteiger partial charge in [-0.3, -0.25) is 4.98 Å². The van der Waals surface area contributed by atoms with Crippen molar-refractivity contribution in [2.24, 2.45) is 11.7 Å². The summed E-state index contributed by atoms with van der Waals surface area (Å²) in [5, 5.41) is 2.94. The summed E-state index contributed by atoms with van der Waals surface area (Å²) in [6, 6.07) is 1.23. The van der Waals surface area contributed by atoms with Gasteiger partial charge in [-0.05, 0) is 12.5 Å². The minimum absolute atomic E-state index is 0.0139. The van der Waals surface area contributed by atoms with E-state index in [1.54, 1.807) is 30.4 Å². The van der Waals surface area contributed by atoms with Crippen molar-refractivity contribution >= 4 is 11.4 Å². The molecule has 3 N–H and O–H groups in total. The highest BCUT2D eigenvalue weighted by Crippen LogP contribution is 2.36. The molecule has 1 fully saturated rings. The van der Waals surface area contributed by atoms with Crippen LogP contribution in [0, 0.1) is 5.92 Å². The molecule has 19 heavy (non-hydrogen) atoms. The molecule has 1 saturated heterocycles. The molecule has 1 aromatic rings. The Hall–Kier alpha value is -1.50. The predicted molar refractivity (Wildman–Crippen MR) is 68.1 cm³/mol. The number of aromatic nitrogens is 1. The fourth-order valence-electron chi connectivity index (χ4n) is 2.43. The van der Waals surface area contributed by atoms with E-state index in [0.717, 1.165) is 0 Å². The number of alkyl halides is 3. The molecule has 7 heteroatoms. The maximum absolute atomic E-state index is 12.9. The highest BCUT2D eigenvalue weighted by atomic mass is 19.4. The average Bonchev–Trinajstić information content (AvgIpc) is 2.37. The van der Waals surface area contributed by atoms with Crippen molar-refractivity contribution in [3.63, 3.8) is 0 Å². The Bertz CT molecular complexity index is 435. The van der Waals surface area contributed by atoms with E-state index in [2.05, 4.69) is 10.3 Å². The highest BCUT2D eigenvalue weighted by Gasteiger charge is 2.44. The smallest absolute Gasteiger partial charge is 0.385 e. The first-order chi connectivity index (χ1) is 8.91. The minimum Gasteiger partial charge on any atom is -0.385 e. The van der Waals surface area contributed by atoms with Crippen LogP contribution in [-0.4, -0.2) is 37.3 Å². The van der Waals surface area contributed by atoms with Crippen LogP contribution in [0.25, 0.3) is 0 Å². The van der Waals surface area contributed by atoms with Gasteiger partial charge in [-0.2, -0.15) is 13.2 Å². The summed E-state index contributed by atoms with van der Waals surface area (Å²) in [4.78, 5) is 5.64. The van der Waals surface area contributed by atoms with Crippen molar-refractivity contribution in [3.05, 3.63) is 18.5 Å². The van der Waals surface area contributed by atoms with Crippen LogP contribution in [0.5, 0.6) is 0 Å². The fraction of sp³-hybridized carbons (Fsp3) is 0.583. The van der Waals surface area contributed by atoms with Gasteiger partial charge in [0.25, 0.3) is 0 Å². The van der Waals surface area contributed by atoms with E-state index >= 15 is 0 Å². The third-order valence-electron chi connectivity index (χ3n) is 3.35. The van der Waals surface area contributed by atoms with Gasteiger partial charge in [-0.25, -0.2) is 0 Å². The number of nitrogens with two attached hydrogens (primary N) is 1. The number of piperidine rings is 1.